The fraction of sp³-hybridized carbons (Fsp3) is 0.182. The van der Waals surface area contributed by atoms with Crippen molar-refractivity contribution in [3.05, 3.63) is 281 Å². The van der Waals surface area contributed by atoms with Gasteiger partial charge in [0.05, 0.1) is 10.8 Å². The number of hydrogen-bond acceptors (Lipinski definition) is 1. The molecule has 0 heterocycles. The molecule has 0 aromatic heterocycles. The molecule has 322 valence electrons. The van der Waals surface area contributed by atoms with Crippen LogP contribution in [0.1, 0.15) is 88.6 Å². The minimum Gasteiger partial charge on any atom is -0.310 e. The topological polar surface area (TPSA) is 3.24 Å². The fourth-order valence-corrected chi connectivity index (χ4v) is 15.0. The van der Waals surface area contributed by atoms with E-state index in [1.54, 1.807) is 5.56 Å². The van der Waals surface area contributed by atoms with Gasteiger partial charge in [-0.1, -0.05) is 194 Å². The van der Waals surface area contributed by atoms with Crippen LogP contribution < -0.4 is 4.90 Å². The molecule has 0 atom stereocenters. The lowest BCUT2D eigenvalue weighted by Crippen LogP contribution is -2.48. The molecule has 0 N–H and O–H groups in total. The van der Waals surface area contributed by atoms with E-state index in [9.17, 15) is 0 Å². The standard InChI is InChI=1S/C66H53N/c1-5-17-49(18-6-1)65(50-19-7-2-8-20-50)60-27-15-13-25-56(60)58-40-54(33-35-62(58)65)67(53-31-29-48(30-32-53)64-42-45-37-46(43-64)39-47(38-45)44-64)55-34-36-63-59(41-55)57-26-14-16-28-61(57)66(63,51-21-9-3-10-22-51)52-23-11-4-12-24-52/h1-36,40-41,45-47H,37-39,42-44H2. The smallest absolute Gasteiger partial charge is 0.0713 e. The molecule has 4 saturated carbocycles. The van der Waals surface area contributed by atoms with E-state index in [0.29, 0.717) is 5.41 Å². The second kappa shape index (κ2) is 14.9. The van der Waals surface area contributed by atoms with Crippen molar-refractivity contribution in [2.24, 2.45) is 17.8 Å². The molecule has 9 aromatic rings. The summed E-state index contributed by atoms with van der Waals surface area (Å²) in [5, 5.41) is 0. The zero-order chi connectivity index (χ0) is 44.2. The van der Waals surface area contributed by atoms with Crippen molar-refractivity contribution >= 4 is 17.1 Å². The Bertz CT molecular complexity index is 3020. The van der Waals surface area contributed by atoms with Gasteiger partial charge in [-0.2, -0.15) is 0 Å². The van der Waals surface area contributed by atoms with Crippen LogP contribution in [0.15, 0.2) is 231 Å². The first-order valence-corrected chi connectivity index (χ1v) is 24.8. The third-order valence-electron chi connectivity index (χ3n) is 17.2. The number of anilines is 3. The fourth-order valence-electron chi connectivity index (χ4n) is 15.0. The summed E-state index contributed by atoms with van der Waals surface area (Å²) in [6, 6.07) is 87.5. The van der Waals surface area contributed by atoms with Crippen molar-refractivity contribution in [2.45, 2.75) is 54.8 Å². The van der Waals surface area contributed by atoms with Crippen LogP contribution in [0.25, 0.3) is 22.3 Å². The Morgan fingerprint density at radius 3 is 1.00 bits per heavy atom. The van der Waals surface area contributed by atoms with Crippen LogP contribution in [0.5, 0.6) is 0 Å². The zero-order valence-electron chi connectivity index (χ0n) is 37.9. The normalized spacial score (nSPS) is 21.8. The molecule has 4 bridgehead atoms. The van der Waals surface area contributed by atoms with E-state index in [1.807, 2.05) is 0 Å². The van der Waals surface area contributed by atoms with Gasteiger partial charge in [0.1, 0.15) is 0 Å². The van der Waals surface area contributed by atoms with Gasteiger partial charge in [-0.15, -0.1) is 0 Å². The van der Waals surface area contributed by atoms with Crippen LogP contribution in [0.2, 0.25) is 0 Å². The van der Waals surface area contributed by atoms with E-state index >= 15 is 0 Å². The van der Waals surface area contributed by atoms with Crippen LogP contribution in [-0.2, 0) is 16.2 Å². The highest BCUT2D eigenvalue weighted by Crippen LogP contribution is 2.62. The van der Waals surface area contributed by atoms with Crippen LogP contribution in [0.4, 0.5) is 17.1 Å². The Morgan fingerprint density at radius 1 is 0.284 bits per heavy atom. The molecule has 9 aromatic carbocycles. The third kappa shape index (κ3) is 5.61. The molecule has 15 rings (SSSR count). The Labute approximate surface area is 395 Å². The van der Waals surface area contributed by atoms with Gasteiger partial charge in [0.15, 0.2) is 0 Å². The molecular weight excluding hydrogens is 807 g/mol. The van der Waals surface area contributed by atoms with Gasteiger partial charge >= 0.3 is 0 Å². The molecular formula is C66H53N. The summed E-state index contributed by atoms with van der Waals surface area (Å²) in [4.78, 5) is 2.55. The van der Waals surface area contributed by atoms with E-state index in [1.165, 1.54) is 111 Å². The molecule has 6 aliphatic rings. The maximum atomic E-state index is 2.55. The Morgan fingerprint density at radius 2 is 0.612 bits per heavy atom. The van der Waals surface area contributed by atoms with Gasteiger partial charge < -0.3 is 4.90 Å². The maximum absolute atomic E-state index is 2.55. The van der Waals surface area contributed by atoms with Gasteiger partial charge in [-0.25, -0.2) is 0 Å². The monoisotopic (exact) mass is 859 g/mol. The van der Waals surface area contributed by atoms with E-state index in [4.69, 9.17) is 0 Å². The molecule has 0 spiro atoms. The summed E-state index contributed by atoms with van der Waals surface area (Å²) in [6.07, 6.45) is 8.47. The van der Waals surface area contributed by atoms with Crippen LogP contribution >= 0.6 is 0 Å². The summed E-state index contributed by atoms with van der Waals surface area (Å²) < 4.78 is 0. The summed E-state index contributed by atoms with van der Waals surface area (Å²) in [5.74, 6) is 2.72. The molecule has 1 heteroatoms. The van der Waals surface area contributed by atoms with Crippen molar-refractivity contribution in [3.8, 4) is 22.3 Å². The molecule has 0 aliphatic heterocycles. The molecule has 0 amide bonds. The van der Waals surface area contributed by atoms with Crippen molar-refractivity contribution in [1.82, 2.24) is 0 Å². The minimum atomic E-state index is -0.452. The van der Waals surface area contributed by atoms with Crippen LogP contribution in [0.3, 0.4) is 0 Å². The van der Waals surface area contributed by atoms with E-state index in [2.05, 4.69) is 235 Å². The SMILES string of the molecule is c1ccc(C2(c3ccccc3)c3ccccc3-c3cc(N(c4ccc(C56CC7CC(CC(C7)C5)C6)cc4)c4ccc5c(c4)-c4ccccc4C5(c4ccccc4)c4ccccc4)ccc32)cc1. The largest absolute Gasteiger partial charge is 0.310 e. The third-order valence-corrected chi connectivity index (χ3v) is 17.2. The average Bonchev–Trinajstić information content (AvgIpc) is 3.85. The summed E-state index contributed by atoms with van der Waals surface area (Å²) >= 11 is 0. The zero-order valence-corrected chi connectivity index (χ0v) is 37.9. The lowest BCUT2D eigenvalue weighted by atomic mass is 9.48. The Kier molecular flexibility index (Phi) is 8.67. The predicted octanol–water partition coefficient (Wildman–Crippen LogP) is 16.4. The van der Waals surface area contributed by atoms with Crippen LogP contribution in [0, 0.1) is 17.8 Å². The summed E-state index contributed by atoms with van der Waals surface area (Å²) in [6.45, 7) is 0. The quantitative estimate of drug-likeness (QED) is 0.147. The van der Waals surface area contributed by atoms with E-state index in [0.717, 1.165) is 29.1 Å². The lowest BCUT2D eigenvalue weighted by molar-refractivity contribution is -0.00518. The first-order chi connectivity index (χ1) is 33.1. The van der Waals surface area contributed by atoms with Gasteiger partial charge in [-0.3, -0.25) is 0 Å². The maximum Gasteiger partial charge on any atom is 0.0713 e. The summed E-state index contributed by atoms with van der Waals surface area (Å²) in [7, 11) is 0. The number of rotatable bonds is 8. The molecule has 1 nitrogen and oxygen atoms in total. The second-order valence-electron chi connectivity index (χ2n) is 20.6. The van der Waals surface area contributed by atoms with Gasteiger partial charge in [-0.05, 0) is 170 Å². The van der Waals surface area contributed by atoms with Gasteiger partial charge in [0.25, 0.3) is 0 Å². The number of fused-ring (bicyclic) bond motifs is 6. The average molecular weight is 860 g/mol. The molecule has 0 unspecified atom stereocenters. The first-order valence-electron chi connectivity index (χ1n) is 24.8. The number of benzene rings is 9. The Hall–Kier alpha value is -7.22. The predicted molar refractivity (Wildman–Crippen MR) is 276 cm³/mol. The molecule has 6 aliphatic carbocycles. The Balaban J connectivity index is 0.981. The van der Waals surface area contributed by atoms with Crippen molar-refractivity contribution in [2.75, 3.05) is 4.90 Å². The van der Waals surface area contributed by atoms with Gasteiger partial charge in [0.2, 0.25) is 0 Å². The lowest BCUT2D eigenvalue weighted by Gasteiger charge is -2.57. The molecule has 67 heavy (non-hydrogen) atoms. The first kappa shape index (κ1) is 39.0. The van der Waals surface area contributed by atoms with E-state index in [-0.39, 0.29) is 0 Å². The number of hydrogen-bond donors (Lipinski definition) is 0. The highest BCUT2D eigenvalue weighted by Gasteiger charge is 2.52. The highest BCUT2D eigenvalue weighted by molar-refractivity contribution is 5.93. The van der Waals surface area contributed by atoms with Crippen LogP contribution in [-0.4, -0.2) is 0 Å². The molecule has 0 radical (unpaired) electrons. The van der Waals surface area contributed by atoms with Crippen molar-refractivity contribution in [3.63, 3.8) is 0 Å². The van der Waals surface area contributed by atoms with E-state index < -0.39 is 10.8 Å². The summed E-state index contributed by atoms with van der Waals surface area (Å²) in [5.41, 5.74) is 20.1. The highest BCUT2D eigenvalue weighted by atomic mass is 15.1. The second-order valence-corrected chi connectivity index (χ2v) is 20.6. The van der Waals surface area contributed by atoms with Crippen molar-refractivity contribution < 1.29 is 0 Å². The van der Waals surface area contributed by atoms with Crippen molar-refractivity contribution in [1.29, 1.82) is 0 Å². The minimum absolute atomic E-state index is 0.336. The van der Waals surface area contributed by atoms with Gasteiger partial charge in [0, 0.05) is 17.1 Å². The number of nitrogens with zero attached hydrogens (tertiary/aromatic N) is 1. The molecule has 4 fully saturated rings. The molecule has 0 saturated heterocycles.